The van der Waals surface area contributed by atoms with Crippen LogP contribution in [-0.4, -0.2) is 20.1 Å². The normalized spacial score (nSPS) is 12.2. The first kappa shape index (κ1) is 13.3. The average Bonchev–Trinajstić information content (AvgIpc) is 2.94. The lowest BCUT2D eigenvalue weighted by atomic mass is 10.1. The van der Waals surface area contributed by atoms with Gasteiger partial charge in [0.1, 0.15) is 17.7 Å². The van der Waals surface area contributed by atoms with E-state index < -0.39 is 0 Å². The molecule has 0 saturated carbocycles. The molecule has 3 rings (SSSR count). The number of aryl methyl sites for hydroxylation is 3. The van der Waals surface area contributed by atoms with E-state index in [0.29, 0.717) is 0 Å². The number of hydrogen-bond donors (Lipinski definition) is 1. The largest absolute Gasteiger partial charge is 0.364 e. The number of nitrogens with zero attached hydrogens (tertiary/aromatic N) is 3. The van der Waals surface area contributed by atoms with Gasteiger partial charge in [0, 0.05) is 21.5 Å². The molecule has 3 aromatic rings. The fourth-order valence-electron chi connectivity index (χ4n) is 2.48. The molecule has 0 saturated heterocycles. The van der Waals surface area contributed by atoms with Crippen LogP contribution in [-0.2, 0) is 0 Å². The number of aromatic amines is 1. The van der Waals surface area contributed by atoms with Crippen LogP contribution in [0, 0.1) is 20.8 Å². The van der Waals surface area contributed by atoms with Gasteiger partial charge in [-0.1, -0.05) is 18.3 Å². The van der Waals surface area contributed by atoms with Gasteiger partial charge in [-0.05, 0) is 32.4 Å². The third-order valence-electron chi connectivity index (χ3n) is 3.50. The molecule has 0 amide bonds. The maximum atomic E-state index is 4.95. The molecule has 0 aromatic carbocycles. The predicted molar refractivity (Wildman–Crippen MR) is 82.9 cm³/mol. The Labute approximate surface area is 121 Å². The molecule has 0 radical (unpaired) electrons. The zero-order valence-corrected chi connectivity index (χ0v) is 12.3. The van der Waals surface area contributed by atoms with Crippen LogP contribution in [0.3, 0.4) is 0 Å². The molecule has 3 aromatic heterocycles. The first-order chi connectivity index (χ1) is 9.97. The summed E-state index contributed by atoms with van der Waals surface area (Å²) < 4.78 is 4.95. The molecule has 5 nitrogen and oxygen atoms in total. The number of H-pyrrole nitrogens is 1. The van der Waals surface area contributed by atoms with Gasteiger partial charge in [0.25, 0.3) is 0 Å². The van der Waals surface area contributed by atoms with Gasteiger partial charge >= 0.3 is 0 Å². The summed E-state index contributed by atoms with van der Waals surface area (Å²) in [5.74, 6) is 0.738. The molecule has 106 valence electrons. The fraction of sp³-hybridized carbons (Fsp3) is 0.188. The molecule has 0 aliphatic heterocycles. The summed E-state index contributed by atoms with van der Waals surface area (Å²) >= 11 is 0. The number of nitrogens with one attached hydrogen (secondary N) is 1. The van der Waals surface area contributed by atoms with Crippen molar-refractivity contribution >= 4 is 29.3 Å². The maximum Gasteiger partial charge on any atom is 0.142 e. The summed E-state index contributed by atoms with van der Waals surface area (Å²) in [7, 11) is 0. The molecule has 0 unspecified atom stereocenters. The lowest BCUT2D eigenvalue weighted by Gasteiger charge is -1.96. The van der Waals surface area contributed by atoms with Gasteiger partial charge in [-0.15, -0.1) is 0 Å². The van der Waals surface area contributed by atoms with E-state index in [9.17, 15) is 0 Å². The van der Waals surface area contributed by atoms with Crippen molar-refractivity contribution in [2.75, 3.05) is 0 Å². The molecular weight excluding hydrogens is 264 g/mol. The van der Waals surface area contributed by atoms with Crippen molar-refractivity contribution in [3.8, 4) is 0 Å². The summed E-state index contributed by atoms with van der Waals surface area (Å²) in [6, 6.07) is 0. The van der Waals surface area contributed by atoms with E-state index in [1.54, 1.807) is 6.26 Å². The fourth-order valence-corrected chi connectivity index (χ4v) is 2.48. The highest BCUT2D eigenvalue weighted by Gasteiger charge is 2.08. The Hall–Kier alpha value is -2.69. The molecule has 0 fully saturated rings. The highest BCUT2D eigenvalue weighted by molar-refractivity contribution is 5.88. The van der Waals surface area contributed by atoms with E-state index in [2.05, 4.69) is 33.3 Å². The highest BCUT2D eigenvalue weighted by atomic mass is 16.5. The molecule has 1 N–H and O–H groups in total. The zero-order valence-electron chi connectivity index (χ0n) is 12.3. The van der Waals surface area contributed by atoms with Crippen molar-refractivity contribution < 1.29 is 4.52 Å². The van der Waals surface area contributed by atoms with Crippen molar-refractivity contribution in [1.29, 1.82) is 0 Å². The van der Waals surface area contributed by atoms with Crippen LogP contribution in [0.2, 0.25) is 0 Å². The summed E-state index contributed by atoms with van der Waals surface area (Å²) in [4.78, 5) is 12.1. The molecule has 0 aliphatic carbocycles. The number of aromatic nitrogens is 4. The Bertz CT molecular complexity index is 962. The smallest absolute Gasteiger partial charge is 0.142 e. The van der Waals surface area contributed by atoms with Crippen molar-refractivity contribution in [2.24, 2.45) is 0 Å². The van der Waals surface area contributed by atoms with Crippen LogP contribution >= 0.6 is 0 Å². The van der Waals surface area contributed by atoms with Gasteiger partial charge in [0.15, 0.2) is 0 Å². The second-order valence-electron chi connectivity index (χ2n) is 5.08. The standard InChI is InChI=1S/C16H16N4O/c1-8(13-7-21-20-10(13)3)6-14-9(2)15-11(4)17-12(5)18-16(15)19-14/h6-7H,1-2H2,3-5H3,(H,17,18,19). The van der Waals surface area contributed by atoms with Gasteiger partial charge in [-0.25, -0.2) is 9.97 Å². The van der Waals surface area contributed by atoms with Gasteiger partial charge in [-0.3, -0.25) is 0 Å². The van der Waals surface area contributed by atoms with Gasteiger partial charge in [0.2, 0.25) is 0 Å². The van der Waals surface area contributed by atoms with Crippen molar-refractivity contribution in [1.82, 2.24) is 20.1 Å². The number of rotatable bonds is 2. The molecule has 0 aliphatic rings. The highest BCUT2D eigenvalue weighted by Crippen LogP contribution is 2.16. The summed E-state index contributed by atoms with van der Waals surface area (Å²) in [5.41, 5.74) is 4.22. The summed E-state index contributed by atoms with van der Waals surface area (Å²) in [6.45, 7) is 13.9. The van der Waals surface area contributed by atoms with E-state index in [0.717, 1.165) is 49.9 Å². The molecule has 3 heterocycles. The zero-order chi connectivity index (χ0) is 15.1. The van der Waals surface area contributed by atoms with Crippen molar-refractivity contribution in [3.05, 3.63) is 46.2 Å². The predicted octanol–water partition coefficient (Wildman–Crippen LogP) is 1.78. The van der Waals surface area contributed by atoms with E-state index in [-0.39, 0.29) is 0 Å². The minimum Gasteiger partial charge on any atom is -0.364 e. The van der Waals surface area contributed by atoms with Crippen LogP contribution < -0.4 is 10.6 Å². The molecule has 0 bridgehead atoms. The Morgan fingerprint density at radius 1 is 1.24 bits per heavy atom. The van der Waals surface area contributed by atoms with Crippen LogP contribution in [0.4, 0.5) is 0 Å². The molecule has 0 atom stereocenters. The van der Waals surface area contributed by atoms with Gasteiger partial charge in [-0.2, -0.15) is 0 Å². The van der Waals surface area contributed by atoms with E-state index >= 15 is 0 Å². The van der Waals surface area contributed by atoms with Crippen LogP contribution in [0.25, 0.3) is 29.3 Å². The van der Waals surface area contributed by atoms with Crippen LogP contribution in [0.5, 0.6) is 0 Å². The maximum absolute atomic E-state index is 4.95. The quantitative estimate of drug-likeness (QED) is 0.777. The molecule has 21 heavy (non-hydrogen) atoms. The van der Waals surface area contributed by atoms with E-state index in [1.807, 2.05) is 26.8 Å². The minimum atomic E-state index is 0.738. The Morgan fingerprint density at radius 3 is 2.67 bits per heavy atom. The number of fused-ring (bicyclic) bond motifs is 1. The first-order valence-corrected chi connectivity index (χ1v) is 6.61. The minimum absolute atomic E-state index is 0.738. The lowest BCUT2D eigenvalue weighted by Crippen LogP contribution is -2.21. The summed E-state index contributed by atoms with van der Waals surface area (Å²) in [6.07, 6.45) is 3.52. The topological polar surface area (TPSA) is 67.6 Å². The van der Waals surface area contributed by atoms with Crippen LogP contribution in [0.15, 0.2) is 17.4 Å². The van der Waals surface area contributed by atoms with Crippen molar-refractivity contribution in [3.63, 3.8) is 0 Å². The lowest BCUT2D eigenvalue weighted by molar-refractivity contribution is 0.415. The van der Waals surface area contributed by atoms with Gasteiger partial charge in [0.05, 0.1) is 11.4 Å². The average molecular weight is 280 g/mol. The third kappa shape index (κ3) is 2.16. The Kier molecular flexibility index (Phi) is 2.97. The first-order valence-electron chi connectivity index (χ1n) is 6.61. The molecular formula is C16H16N4O. The molecule has 0 spiro atoms. The van der Waals surface area contributed by atoms with E-state index in [4.69, 9.17) is 4.52 Å². The number of hydrogen-bond acceptors (Lipinski definition) is 4. The SMILES string of the molecule is C=C(C=c1[nH]c2nc(C)nc(C)c2c1=C)c1conc1C. The number of allylic oxidation sites excluding steroid dienone is 1. The van der Waals surface area contributed by atoms with Gasteiger partial charge < -0.3 is 9.51 Å². The monoisotopic (exact) mass is 280 g/mol. The summed E-state index contributed by atoms with van der Waals surface area (Å²) in [5, 5.41) is 6.57. The second kappa shape index (κ2) is 4.70. The molecule has 5 heteroatoms. The Balaban J connectivity index is 2.22. The second-order valence-corrected chi connectivity index (χ2v) is 5.08. The third-order valence-corrected chi connectivity index (χ3v) is 3.50. The van der Waals surface area contributed by atoms with E-state index in [1.165, 1.54) is 0 Å². The Morgan fingerprint density at radius 2 is 2.00 bits per heavy atom. The van der Waals surface area contributed by atoms with Crippen molar-refractivity contribution in [2.45, 2.75) is 20.8 Å². The van der Waals surface area contributed by atoms with Crippen LogP contribution in [0.1, 0.15) is 22.8 Å².